The molecule has 2 saturated heterocycles. The zero-order valence-corrected chi connectivity index (χ0v) is 31.2. The van der Waals surface area contributed by atoms with Crippen LogP contribution in [0.1, 0.15) is 80.3 Å². The average molecular weight is 721 g/mol. The summed E-state index contributed by atoms with van der Waals surface area (Å²) >= 11 is 6.58. The highest BCUT2D eigenvalue weighted by Gasteiger charge is 2.30. The van der Waals surface area contributed by atoms with E-state index in [9.17, 15) is 14.9 Å². The van der Waals surface area contributed by atoms with Crippen LogP contribution in [0.4, 0.5) is 11.6 Å². The summed E-state index contributed by atoms with van der Waals surface area (Å²) in [5.41, 5.74) is 4.82. The molecule has 2 amide bonds. The summed E-state index contributed by atoms with van der Waals surface area (Å²) in [6.07, 6.45) is 3.90. The molecular formula is C40H47ClN9O2+. The summed E-state index contributed by atoms with van der Waals surface area (Å²) in [7, 11) is 0. The van der Waals surface area contributed by atoms with E-state index in [0.717, 1.165) is 24.0 Å². The second-order valence-electron chi connectivity index (χ2n) is 14.3. The summed E-state index contributed by atoms with van der Waals surface area (Å²) in [5.74, 6) is 2.60. The molecule has 2 fully saturated rings. The Labute approximate surface area is 311 Å². The first-order chi connectivity index (χ1) is 25.1. The molecular weight excluding hydrogens is 674 g/mol. The van der Waals surface area contributed by atoms with Gasteiger partial charge in [0.2, 0.25) is 22.7 Å². The molecule has 0 bridgehead atoms. The smallest absolute Gasteiger partial charge is 0.353 e. The lowest BCUT2D eigenvalue weighted by Gasteiger charge is -2.34. The number of anilines is 2. The molecule has 0 atom stereocenters. The molecule has 2 aliphatic heterocycles. The molecule has 0 radical (unpaired) electrons. The van der Waals surface area contributed by atoms with E-state index in [4.69, 9.17) is 21.7 Å². The van der Waals surface area contributed by atoms with Gasteiger partial charge in [-0.25, -0.2) is 4.98 Å². The summed E-state index contributed by atoms with van der Waals surface area (Å²) in [6, 6.07) is 22.4. The third-order valence-corrected chi connectivity index (χ3v) is 10.3. The Morgan fingerprint density at radius 2 is 1.40 bits per heavy atom. The number of piperidine rings is 1. The molecule has 0 aliphatic carbocycles. The Hall–Kier alpha value is -5.08. The quantitative estimate of drug-likeness (QED) is 0.224. The van der Waals surface area contributed by atoms with Crippen molar-refractivity contribution in [2.45, 2.75) is 71.3 Å². The number of aromatic nitrogens is 4. The largest absolute Gasteiger partial charge is 0.389 e. The van der Waals surface area contributed by atoms with Crippen LogP contribution in [0.5, 0.6) is 0 Å². The van der Waals surface area contributed by atoms with E-state index in [0.29, 0.717) is 75.6 Å². The topological polar surface area (TPSA) is 122 Å². The number of nitrogens with one attached hydrogen (secondary N) is 1. The zero-order chi connectivity index (χ0) is 36.8. The van der Waals surface area contributed by atoms with Crippen LogP contribution in [0.25, 0.3) is 5.82 Å². The third kappa shape index (κ3) is 8.86. The van der Waals surface area contributed by atoms with E-state index in [1.165, 1.54) is 15.8 Å². The van der Waals surface area contributed by atoms with Gasteiger partial charge in [-0.05, 0) is 58.0 Å². The molecule has 0 saturated carbocycles. The van der Waals surface area contributed by atoms with E-state index < -0.39 is 0 Å². The average Bonchev–Trinajstić information content (AvgIpc) is 3.15. The number of benzene rings is 2. The molecule has 1 N–H and O–H groups in total. The van der Waals surface area contributed by atoms with Crippen LogP contribution in [0.2, 0.25) is 5.15 Å². The van der Waals surface area contributed by atoms with Gasteiger partial charge in [0.25, 0.3) is 5.82 Å². The molecule has 0 unspecified atom stereocenters. The second-order valence-corrected chi connectivity index (χ2v) is 14.6. The number of hydrogen-bond acceptors (Lipinski definition) is 8. The van der Waals surface area contributed by atoms with Crippen LogP contribution in [0.3, 0.4) is 0 Å². The Morgan fingerprint density at radius 1 is 0.827 bits per heavy atom. The molecule has 11 nitrogen and oxygen atoms in total. The van der Waals surface area contributed by atoms with Gasteiger partial charge in [-0.1, -0.05) is 97.6 Å². The van der Waals surface area contributed by atoms with Crippen LogP contribution in [0.15, 0.2) is 66.9 Å². The SMILES string of the molecule is CC(C)c1ccc(CC(=O)NC2CCN(c3ccc(C#N)[n+](-c4nc(N5CCN(C(=O)Cc6ccc(C(C)C)cc6)CC5)cnc4Cl)n3)CC2)cc1. The number of halogens is 1. The fourth-order valence-corrected chi connectivity index (χ4v) is 6.87. The van der Waals surface area contributed by atoms with Gasteiger partial charge in [0.1, 0.15) is 6.07 Å². The normalized spacial score (nSPS) is 15.2. The summed E-state index contributed by atoms with van der Waals surface area (Å²) in [4.78, 5) is 41.3. The maximum Gasteiger partial charge on any atom is 0.389 e. The molecule has 2 aliphatic rings. The number of rotatable bonds is 10. The molecule has 52 heavy (non-hydrogen) atoms. The molecule has 0 spiro atoms. The number of amides is 2. The van der Waals surface area contributed by atoms with Crippen molar-refractivity contribution in [1.29, 1.82) is 5.26 Å². The maximum absolute atomic E-state index is 13.1. The highest BCUT2D eigenvalue weighted by atomic mass is 35.5. The van der Waals surface area contributed by atoms with Crippen molar-refractivity contribution in [2.24, 2.45) is 0 Å². The van der Waals surface area contributed by atoms with Gasteiger partial charge in [0, 0.05) is 51.4 Å². The van der Waals surface area contributed by atoms with Crippen LogP contribution < -0.4 is 19.8 Å². The monoisotopic (exact) mass is 720 g/mol. The van der Waals surface area contributed by atoms with Crippen LogP contribution in [-0.4, -0.2) is 77.1 Å². The van der Waals surface area contributed by atoms with E-state index in [2.05, 4.69) is 78.1 Å². The van der Waals surface area contributed by atoms with Crippen molar-refractivity contribution in [3.8, 4) is 11.9 Å². The molecule has 4 aromatic rings. The Kier molecular flexibility index (Phi) is 11.7. The highest BCUT2D eigenvalue weighted by molar-refractivity contribution is 6.30. The minimum absolute atomic E-state index is 0.0264. The number of hydrogen-bond donors (Lipinski definition) is 1. The second kappa shape index (κ2) is 16.5. The molecule has 6 rings (SSSR count). The first kappa shape index (κ1) is 36.7. The maximum atomic E-state index is 13.1. The van der Waals surface area contributed by atoms with Crippen LogP contribution >= 0.6 is 11.6 Å². The van der Waals surface area contributed by atoms with E-state index in [1.807, 2.05) is 35.2 Å². The standard InChI is InChI=1S/C40H46ClN9O2/c1-27(2)31-9-5-29(6-10-31)23-37(51)44-33-15-17-47(18-16-33)35-14-13-34(25-42)50(46-35)40-39(41)43-26-36(45-40)48-19-21-49(22-20-48)38(52)24-30-7-11-32(12-8-30)28(3)4/h5-14,26-28,33H,15-24H2,1-4H3/p+1. The molecule has 2 aromatic heterocycles. The van der Waals surface area contributed by atoms with Crippen LogP contribution in [-0.2, 0) is 22.4 Å². The van der Waals surface area contributed by atoms with Crippen molar-refractivity contribution in [3.63, 3.8) is 0 Å². The number of carbonyl (C=O) groups excluding carboxylic acids is 2. The van der Waals surface area contributed by atoms with Gasteiger partial charge >= 0.3 is 5.82 Å². The third-order valence-electron chi connectivity index (χ3n) is 9.99. The zero-order valence-electron chi connectivity index (χ0n) is 30.4. The van der Waals surface area contributed by atoms with Crippen molar-refractivity contribution in [1.82, 2.24) is 25.3 Å². The van der Waals surface area contributed by atoms with Crippen molar-refractivity contribution in [2.75, 3.05) is 49.1 Å². The summed E-state index contributed by atoms with van der Waals surface area (Å²) in [5, 5.41) is 18.1. The van der Waals surface area contributed by atoms with Crippen molar-refractivity contribution in [3.05, 3.63) is 100.0 Å². The molecule has 4 heterocycles. The number of nitrogens with zero attached hydrogens (tertiary/aromatic N) is 8. The minimum Gasteiger partial charge on any atom is -0.353 e. The highest BCUT2D eigenvalue weighted by Crippen LogP contribution is 2.22. The molecule has 270 valence electrons. The Morgan fingerprint density at radius 3 is 1.98 bits per heavy atom. The van der Waals surface area contributed by atoms with E-state index in [1.54, 1.807) is 12.3 Å². The summed E-state index contributed by atoms with van der Waals surface area (Å²) < 4.78 is 1.46. The fourth-order valence-electron chi connectivity index (χ4n) is 6.70. The number of carbonyl (C=O) groups is 2. The number of nitriles is 1. The molecule has 2 aromatic carbocycles. The lowest BCUT2D eigenvalue weighted by molar-refractivity contribution is -0.664. The minimum atomic E-state index is 0.0264. The lowest BCUT2D eigenvalue weighted by atomic mass is 10.0. The van der Waals surface area contributed by atoms with Crippen molar-refractivity contribution < 1.29 is 14.3 Å². The van der Waals surface area contributed by atoms with Gasteiger partial charge < -0.3 is 20.0 Å². The van der Waals surface area contributed by atoms with Gasteiger partial charge in [0.15, 0.2) is 5.82 Å². The first-order valence-corrected chi connectivity index (χ1v) is 18.6. The van der Waals surface area contributed by atoms with Gasteiger partial charge in [-0.15, -0.1) is 0 Å². The first-order valence-electron chi connectivity index (χ1n) is 18.2. The lowest BCUT2D eigenvalue weighted by Crippen LogP contribution is -2.50. The Bertz CT molecular complexity index is 1910. The van der Waals surface area contributed by atoms with E-state index >= 15 is 0 Å². The summed E-state index contributed by atoms with van der Waals surface area (Å²) in [6.45, 7) is 12.3. The van der Waals surface area contributed by atoms with E-state index in [-0.39, 0.29) is 34.5 Å². The Balaban J connectivity index is 1.06. The van der Waals surface area contributed by atoms with Gasteiger partial charge in [0.05, 0.1) is 19.0 Å². The van der Waals surface area contributed by atoms with Crippen molar-refractivity contribution >= 4 is 35.1 Å². The number of piperazine rings is 1. The predicted molar refractivity (Wildman–Crippen MR) is 202 cm³/mol. The van der Waals surface area contributed by atoms with Crippen LogP contribution in [0, 0.1) is 11.3 Å². The molecule has 12 heteroatoms. The van der Waals surface area contributed by atoms with Gasteiger partial charge in [-0.2, -0.15) is 5.26 Å². The predicted octanol–water partition coefficient (Wildman–Crippen LogP) is 5.14. The fraction of sp³-hybridized carbons (Fsp3) is 0.425. The van der Waals surface area contributed by atoms with Gasteiger partial charge in [-0.3, -0.25) is 9.59 Å².